The number of hydrogen-bond donors (Lipinski definition) is 0. The molecule has 0 amide bonds. The first-order valence-electron chi connectivity index (χ1n) is 7.45. The molecule has 0 bridgehead atoms. The summed E-state index contributed by atoms with van der Waals surface area (Å²) in [6.45, 7) is 8.92. The largest absolute Gasteiger partial charge is 0.0626 e. The Balaban J connectivity index is 0.00000161. The van der Waals surface area contributed by atoms with Gasteiger partial charge in [-0.1, -0.05) is 73.0 Å². The normalized spacial score (nSPS) is 12.9. The van der Waals surface area contributed by atoms with Crippen LogP contribution in [-0.2, 0) is 32.6 Å². The molecule has 2 aromatic rings. The second kappa shape index (κ2) is 6.45. The molecule has 0 fully saturated rings. The molecule has 1 aliphatic carbocycles. The summed E-state index contributed by atoms with van der Waals surface area (Å²) in [6.07, 6.45) is 3.53. The number of allylic oxidation sites excluding steroid dienone is 1. The van der Waals surface area contributed by atoms with Gasteiger partial charge in [-0.25, -0.2) is 0 Å². The zero-order chi connectivity index (χ0) is 14.3. The molecule has 0 radical (unpaired) electrons. The van der Waals surface area contributed by atoms with Crippen molar-refractivity contribution in [1.82, 2.24) is 0 Å². The first kappa shape index (κ1) is 16.4. The summed E-state index contributed by atoms with van der Waals surface area (Å²) in [5, 5.41) is 0. The van der Waals surface area contributed by atoms with Gasteiger partial charge in [0.05, 0.1) is 0 Å². The van der Waals surface area contributed by atoms with Gasteiger partial charge in [0.15, 0.2) is 0 Å². The van der Waals surface area contributed by atoms with Crippen molar-refractivity contribution >= 4 is 6.08 Å². The van der Waals surface area contributed by atoms with E-state index in [0.29, 0.717) is 5.92 Å². The summed E-state index contributed by atoms with van der Waals surface area (Å²) in [7, 11) is 0. The fraction of sp³-hybridized carbons (Fsp3) is 0.300. The Bertz CT molecular complexity index is 673. The van der Waals surface area contributed by atoms with Crippen LogP contribution < -0.4 is 0 Å². The van der Waals surface area contributed by atoms with Crippen LogP contribution in [0.2, 0.25) is 0 Å². The van der Waals surface area contributed by atoms with Gasteiger partial charge >= 0.3 is 0 Å². The van der Waals surface area contributed by atoms with E-state index in [-0.39, 0.29) is 26.2 Å². The number of benzene rings is 2. The van der Waals surface area contributed by atoms with Crippen molar-refractivity contribution in [3.63, 3.8) is 0 Å². The van der Waals surface area contributed by atoms with Crippen LogP contribution in [0.15, 0.2) is 42.0 Å². The summed E-state index contributed by atoms with van der Waals surface area (Å²) in [5.74, 6) is 0.634. The summed E-state index contributed by atoms with van der Waals surface area (Å²) in [4.78, 5) is 0. The Morgan fingerprint density at radius 2 is 1.62 bits per heavy atom. The minimum Gasteiger partial charge on any atom is -0.0626 e. The molecule has 1 aliphatic rings. The smallest absolute Gasteiger partial charge is 0 e. The molecule has 0 aromatic heterocycles. The molecule has 0 spiro atoms. The van der Waals surface area contributed by atoms with Crippen molar-refractivity contribution in [3.8, 4) is 11.1 Å². The van der Waals surface area contributed by atoms with Gasteiger partial charge in [-0.2, -0.15) is 0 Å². The third-order valence-electron chi connectivity index (χ3n) is 4.20. The molecule has 0 nitrogen and oxygen atoms in total. The molecule has 106 valence electrons. The van der Waals surface area contributed by atoms with Crippen LogP contribution >= 0.6 is 0 Å². The van der Waals surface area contributed by atoms with Crippen molar-refractivity contribution in [1.29, 1.82) is 0 Å². The van der Waals surface area contributed by atoms with E-state index in [1.807, 2.05) is 0 Å². The maximum Gasteiger partial charge on any atom is 0 e. The van der Waals surface area contributed by atoms with Gasteiger partial charge in [-0.05, 0) is 48.4 Å². The summed E-state index contributed by atoms with van der Waals surface area (Å²) < 4.78 is 0. The average Bonchev–Trinajstić information content (AvgIpc) is 2.81. The quantitative estimate of drug-likeness (QED) is 0.663. The van der Waals surface area contributed by atoms with Crippen molar-refractivity contribution in [2.75, 3.05) is 0 Å². The second-order valence-electron chi connectivity index (χ2n) is 6.31. The monoisotopic (exact) mass is 352 g/mol. The van der Waals surface area contributed by atoms with Crippen molar-refractivity contribution < 1.29 is 26.2 Å². The molecular weight excluding hydrogens is 331 g/mol. The second-order valence-corrected chi connectivity index (χ2v) is 6.31. The zero-order valence-electron chi connectivity index (χ0n) is 13.3. The predicted octanol–water partition coefficient (Wildman–Crippen LogP) is 5.56. The third kappa shape index (κ3) is 3.29. The fourth-order valence-electron chi connectivity index (χ4n) is 3.15. The fourth-order valence-corrected chi connectivity index (χ4v) is 3.15. The third-order valence-corrected chi connectivity index (χ3v) is 4.20. The molecule has 0 saturated carbocycles. The standard InChI is InChI=1S/C20H22.Zr/c1-13(2)17-11-16-6-5-7-19(20(16)12-17)18-9-14(3)8-15(4)10-18;/h5-10,12-13H,11H2,1-4H3;. The summed E-state index contributed by atoms with van der Waals surface area (Å²) in [5.41, 5.74) is 9.86. The maximum atomic E-state index is 2.41. The van der Waals surface area contributed by atoms with Gasteiger partial charge in [-0.15, -0.1) is 0 Å². The van der Waals surface area contributed by atoms with E-state index < -0.39 is 0 Å². The number of aryl methyl sites for hydroxylation is 2. The molecule has 21 heavy (non-hydrogen) atoms. The number of rotatable bonds is 2. The Morgan fingerprint density at radius 3 is 2.24 bits per heavy atom. The minimum atomic E-state index is 0. The molecule has 0 heterocycles. The molecule has 0 unspecified atom stereocenters. The topological polar surface area (TPSA) is 0 Å². The average molecular weight is 354 g/mol. The minimum absolute atomic E-state index is 0. The van der Waals surface area contributed by atoms with Crippen molar-refractivity contribution in [3.05, 3.63) is 64.2 Å². The van der Waals surface area contributed by atoms with E-state index >= 15 is 0 Å². The predicted molar refractivity (Wildman–Crippen MR) is 87.9 cm³/mol. The summed E-state index contributed by atoms with van der Waals surface area (Å²) in [6, 6.07) is 13.6. The molecule has 1 heteroatoms. The van der Waals surface area contributed by atoms with Gasteiger partial charge in [0, 0.05) is 26.2 Å². The van der Waals surface area contributed by atoms with Crippen LogP contribution in [0.1, 0.15) is 36.1 Å². The van der Waals surface area contributed by atoms with Crippen molar-refractivity contribution in [2.45, 2.75) is 34.1 Å². The van der Waals surface area contributed by atoms with E-state index in [0.717, 1.165) is 6.42 Å². The number of hydrogen-bond acceptors (Lipinski definition) is 0. The van der Waals surface area contributed by atoms with Gasteiger partial charge in [0.1, 0.15) is 0 Å². The molecule has 0 N–H and O–H groups in total. The van der Waals surface area contributed by atoms with Crippen LogP contribution in [0.3, 0.4) is 0 Å². The van der Waals surface area contributed by atoms with Gasteiger partial charge in [0.2, 0.25) is 0 Å². The first-order valence-corrected chi connectivity index (χ1v) is 7.45. The molecule has 0 saturated heterocycles. The molecule has 0 aliphatic heterocycles. The van der Waals surface area contributed by atoms with Gasteiger partial charge in [0.25, 0.3) is 0 Å². The summed E-state index contributed by atoms with van der Waals surface area (Å²) >= 11 is 0. The van der Waals surface area contributed by atoms with E-state index in [2.05, 4.69) is 70.2 Å². The van der Waals surface area contributed by atoms with Crippen LogP contribution in [-0.4, -0.2) is 0 Å². The van der Waals surface area contributed by atoms with Gasteiger partial charge in [-0.3, -0.25) is 0 Å². The zero-order valence-corrected chi connectivity index (χ0v) is 15.8. The van der Waals surface area contributed by atoms with E-state index in [9.17, 15) is 0 Å². The maximum absolute atomic E-state index is 2.41. The first-order chi connectivity index (χ1) is 9.54. The Morgan fingerprint density at radius 1 is 0.952 bits per heavy atom. The Kier molecular flexibility index (Phi) is 5.04. The van der Waals surface area contributed by atoms with E-state index in [1.54, 1.807) is 5.57 Å². The van der Waals surface area contributed by atoms with Crippen LogP contribution in [0.25, 0.3) is 17.2 Å². The molecular formula is C20H22Zr. The molecule has 3 rings (SSSR count). The van der Waals surface area contributed by atoms with E-state index in [1.165, 1.54) is 33.4 Å². The van der Waals surface area contributed by atoms with E-state index in [4.69, 9.17) is 0 Å². The molecule has 0 atom stereocenters. The molecule has 2 aromatic carbocycles. The SMILES string of the molecule is Cc1cc(C)cc(-c2cccc3c2C=C(C(C)C)C3)c1.[Zr]. The van der Waals surface area contributed by atoms with Crippen LogP contribution in [0, 0.1) is 19.8 Å². The van der Waals surface area contributed by atoms with Crippen LogP contribution in [0.4, 0.5) is 0 Å². The number of fused-ring (bicyclic) bond motifs is 1. The van der Waals surface area contributed by atoms with Crippen LogP contribution in [0.5, 0.6) is 0 Å². The van der Waals surface area contributed by atoms with Crippen molar-refractivity contribution in [2.24, 2.45) is 5.92 Å². The Labute approximate surface area is 147 Å². The Hall–Kier alpha value is -0.937. The van der Waals surface area contributed by atoms with Gasteiger partial charge < -0.3 is 0 Å².